The molecule has 2 N–H and O–H groups in total. The molecule has 0 unspecified atom stereocenters. The number of ketones is 1. The maximum atomic E-state index is 15.1. The number of carbonyl (C=O) groups excluding carboxylic acids is 2. The first-order chi connectivity index (χ1) is 19.7. The van der Waals surface area contributed by atoms with Crippen LogP contribution in [0.2, 0.25) is 5.02 Å². The number of rotatable bonds is 9. The normalized spacial score (nSPS) is 13.6. The summed E-state index contributed by atoms with van der Waals surface area (Å²) in [6.07, 6.45) is 3.58. The minimum absolute atomic E-state index is 0.0125. The third-order valence-electron chi connectivity index (χ3n) is 6.60. The first-order valence-corrected chi connectivity index (χ1v) is 14.0. The highest BCUT2D eigenvalue weighted by Gasteiger charge is 2.23. The molecule has 1 aromatic heterocycles. The van der Waals surface area contributed by atoms with E-state index >= 15 is 4.39 Å². The van der Waals surface area contributed by atoms with Crippen molar-refractivity contribution in [1.29, 1.82) is 0 Å². The van der Waals surface area contributed by atoms with Crippen LogP contribution in [-0.2, 0) is 6.42 Å². The van der Waals surface area contributed by atoms with E-state index in [0.29, 0.717) is 17.7 Å². The zero-order valence-electron chi connectivity index (χ0n) is 24.3. The van der Waals surface area contributed by atoms with Crippen LogP contribution in [0.25, 0.3) is 0 Å². The van der Waals surface area contributed by atoms with Gasteiger partial charge in [-0.3, -0.25) is 9.59 Å². The van der Waals surface area contributed by atoms with E-state index in [9.17, 15) is 9.59 Å². The maximum Gasteiger partial charge on any atom is 0.254 e. The fraction of sp³-hybridized carbons (Fsp3) is 0.400. The third-order valence-corrected chi connectivity index (χ3v) is 6.86. The Morgan fingerprint density at radius 2 is 1.88 bits per heavy atom. The lowest BCUT2D eigenvalue weighted by atomic mass is 10.0. The number of benzene rings is 2. The summed E-state index contributed by atoms with van der Waals surface area (Å²) in [5, 5.41) is 5.93. The van der Waals surface area contributed by atoms with Crippen molar-refractivity contribution in [2.45, 2.75) is 53.0 Å². The van der Waals surface area contributed by atoms with Crippen LogP contribution in [0, 0.1) is 5.82 Å². The molecule has 0 aliphatic carbocycles. The summed E-state index contributed by atoms with van der Waals surface area (Å²) in [5.41, 5.74) is 1.37. The number of likely N-dealkylation sites (tertiary alicyclic amines) is 1. The third kappa shape index (κ3) is 7.92. The van der Waals surface area contributed by atoms with Crippen LogP contribution in [0.4, 0.5) is 16.0 Å². The smallest absolute Gasteiger partial charge is 0.254 e. The van der Waals surface area contributed by atoms with Crippen molar-refractivity contribution in [2.75, 3.05) is 32.6 Å². The lowest BCUT2D eigenvalue weighted by Gasteiger charge is -2.29. The summed E-state index contributed by atoms with van der Waals surface area (Å²) in [6.45, 7) is 9.15. The molecule has 4 rings (SSSR count). The summed E-state index contributed by atoms with van der Waals surface area (Å²) < 4.78 is 26.4. The fourth-order valence-electron chi connectivity index (χ4n) is 4.47. The Balaban J connectivity index is 0.00000226. The standard InChI is InChI=1S/C28H31ClFN5O4.C2H6/c1-5-17-7-6-8-23(25(17)16(2)36)39-27-20(29)15-31-28(34-27)33-22-14-21(30)19(13-24(22)38-4)26(37)32-18-9-11-35(3)12-10-18;1-2/h6-8,13-15,18H,5,9-12H2,1-4H3,(H,32,37)(H,31,33,34);1-2H3. The quantitative estimate of drug-likeness (QED) is 0.277. The maximum absolute atomic E-state index is 15.1. The Labute approximate surface area is 245 Å². The van der Waals surface area contributed by atoms with Gasteiger partial charge in [-0.1, -0.05) is 44.5 Å². The predicted molar refractivity (Wildman–Crippen MR) is 159 cm³/mol. The number of ether oxygens (including phenoxy) is 2. The summed E-state index contributed by atoms with van der Waals surface area (Å²) >= 11 is 6.29. The van der Waals surface area contributed by atoms with Crippen LogP contribution >= 0.6 is 11.6 Å². The van der Waals surface area contributed by atoms with Gasteiger partial charge in [0, 0.05) is 12.1 Å². The van der Waals surface area contributed by atoms with E-state index in [4.69, 9.17) is 21.1 Å². The number of carbonyl (C=O) groups is 2. The Bertz CT molecular complexity index is 1380. The number of Topliss-reactive ketones (excluding diaryl/α,β-unsaturated/α-hetero) is 1. The zero-order chi connectivity index (χ0) is 30.1. The number of hydrogen-bond donors (Lipinski definition) is 2. The molecule has 0 atom stereocenters. The van der Waals surface area contributed by atoms with Crippen molar-refractivity contribution in [3.05, 3.63) is 64.1 Å². The number of amides is 1. The predicted octanol–water partition coefficient (Wildman–Crippen LogP) is 6.43. The van der Waals surface area contributed by atoms with Gasteiger partial charge in [-0.2, -0.15) is 4.98 Å². The fourth-order valence-corrected chi connectivity index (χ4v) is 4.60. The van der Waals surface area contributed by atoms with Crippen molar-refractivity contribution in [1.82, 2.24) is 20.2 Å². The largest absolute Gasteiger partial charge is 0.495 e. The first kappa shape index (κ1) is 31.8. The van der Waals surface area contributed by atoms with Gasteiger partial charge in [-0.15, -0.1) is 0 Å². The van der Waals surface area contributed by atoms with Gasteiger partial charge in [0.2, 0.25) is 11.8 Å². The van der Waals surface area contributed by atoms with Gasteiger partial charge in [-0.05, 0) is 64.0 Å². The van der Waals surface area contributed by atoms with Crippen LogP contribution in [0.5, 0.6) is 17.4 Å². The average Bonchev–Trinajstić information content (AvgIpc) is 2.96. The monoisotopic (exact) mass is 585 g/mol. The summed E-state index contributed by atoms with van der Waals surface area (Å²) in [5.74, 6) is -0.772. The molecule has 0 saturated carbocycles. The molecule has 1 aliphatic rings. The number of piperidine rings is 1. The van der Waals surface area contributed by atoms with E-state index in [1.54, 1.807) is 12.1 Å². The van der Waals surface area contributed by atoms with E-state index in [0.717, 1.165) is 37.6 Å². The highest BCUT2D eigenvalue weighted by molar-refractivity contribution is 6.31. The Kier molecular flexibility index (Phi) is 11.4. The molecule has 1 aliphatic heterocycles. The van der Waals surface area contributed by atoms with Gasteiger partial charge in [0.25, 0.3) is 5.91 Å². The number of anilines is 2. The van der Waals surface area contributed by atoms with E-state index in [1.165, 1.54) is 26.3 Å². The molecule has 11 heteroatoms. The summed E-state index contributed by atoms with van der Waals surface area (Å²) in [6, 6.07) is 7.78. The molecule has 3 aromatic rings. The molecule has 220 valence electrons. The Morgan fingerprint density at radius 1 is 1.17 bits per heavy atom. The second-order valence-corrected chi connectivity index (χ2v) is 9.76. The number of nitrogens with one attached hydrogen (secondary N) is 2. The van der Waals surface area contributed by atoms with Crippen LogP contribution in [0.3, 0.4) is 0 Å². The molecule has 0 bridgehead atoms. The van der Waals surface area contributed by atoms with Crippen LogP contribution < -0.4 is 20.1 Å². The van der Waals surface area contributed by atoms with E-state index in [2.05, 4.69) is 25.5 Å². The van der Waals surface area contributed by atoms with Crippen LogP contribution in [0.15, 0.2) is 36.5 Å². The van der Waals surface area contributed by atoms with Crippen molar-refractivity contribution in [3.63, 3.8) is 0 Å². The lowest BCUT2D eigenvalue weighted by Crippen LogP contribution is -2.43. The number of halogens is 2. The van der Waals surface area contributed by atoms with E-state index in [-0.39, 0.29) is 45.7 Å². The Morgan fingerprint density at radius 3 is 2.51 bits per heavy atom. The van der Waals surface area contributed by atoms with Gasteiger partial charge >= 0.3 is 0 Å². The minimum atomic E-state index is -0.725. The van der Waals surface area contributed by atoms with Gasteiger partial charge in [-0.25, -0.2) is 9.37 Å². The van der Waals surface area contributed by atoms with Gasteiger partial charge in [0.1, 0.15) is 22.3 Å². The molecule has 1 saturated heterocycles. The molecule has 41 heavy (non-hydrogen) atoms. The minimum Gasteiger partial charge on any atom is -0.495 e. The molecule has 1 fully saturated rings. The molecular formula is C30H37ClFN5O4. The first-order valence-electron chi connectivity index (χ1n) is 13.7. The van der Waals surface area contributed by atoms with Gasteiger partial charge < -0.3 is 25.0 Å². The van der Waals surface area contributed by atoms with Gasteiger partial charge in [0.15, 0.2) is 5.78 Å². The molecular weight excluding hydrogens is 549 g/mol. The lowest BCUT2D eigenvalue weighted by molar-refractivity contribution is 0.0911. The van der Waals surface area contributed by atoms with Crippen molar-refractivity contribution in [2.24, 2.45) is 0 Å². The average molecular weight is 586 g/mol. The highest BCUT2D eigenvalue weighted by Crippen LogP contribution is 2.34. The van der Waals surface area contributed by atoms with Crippen molar-refractivity contribution < 1.29 is 23.5 Å². The molecule has 2 heterocycles. The Hall–Kier alpha value is -3.76. The van der Waals surface area contributed by atoms with E-state index < -0.39 is 11.7 Å². The zero-order valence-corrected chi connectivity index (χ0v) is 25.1. The number of methoxy groups -OCH3 is 1. The van der Waals surface area contributed by atoms with E-state index in [1.807, 2.05) is 33.9 Å². The van der Waals surface area contributed by atoms with Gasteiger partial charge in [0.05, 0.1) is 30.1 Å². The van der Waals surface area contributed by atoms with Crippen LogP contribution in [-0.4, -0.2) is 59.8 Å². The molecule has 9 nitrogen and oxygen atoms in total. The number of hydrogen-bond acceptors (Lipinski definition) is 8. The topological polar surface area (TPSA) is 106 Å². The molecule has 2 aromatic carbocycles. The number of nitrogens with zero attached hydrogens (tertiary/aromatic N) is 3. The molecule has 0 radical (unpaired) electrons. The van der Waals surface area contributed by atoms with Crippen molar-refractivity contribution in [3.8, 4) is 17.4 Å². The SMILES string of the molecule is CC.CCc1cccc(Oc2nc(Nc3cc(F)c(C(=O)NC4CCN(C)CC4)cc3OC)ncc2Cl)c1C(C)=O. The number of aromatic nitrogens is 2. The van der Waals surface area contributed by atoms with Crippen LogP contribution in [0.1, 0.15) is 66.8 Å². The second kappa shape index (κ2) is 14.7. The molecule has 1 amide bonds. The molecule has 0 spiro atoms. The summed E-state index contributed by atoms with van der Waals surface area (Å²) in [7, 11) is 3.44. The number of aryl methyl sites for hydroxylation is 1. The second-order valence-electron chi connectivity index (χ2n) is 9.36. The highest BCUT2D eigenvalue weighted by atomic mass is 35.5. The summed E-state index contributed by atoms with van der Waals surface area (Å²) in [4.78, 5) is 35.8. The van der Waals surface area contributed by atoms with Crippen molar-refractivity contribution >= 4 is 34.9 Å².